The third kappa shape index (κ3) is 2.81. The van der Waals surface area contributed by atoms with Crippen molar-refractivity contribution in [1.82, 2.24) is 4.98 Å². The fourth-order valence-corrected chi connectivity index (χ4v) is 2.38. The first-order valence-corrected chi connectivity index (χ1v) is 7.06. The Hall–Kier alpha value is -2.75. The molecule has 0 saturated carbocycles. The number of nitrogens with one attached hydrogen (secondary N) is 1. The van der Waals surface area contributed by atoms with Crippen LogP contribution in [0.15, 0.2) is 48.5 Å². The molecule has 0 aliphatic rings. The lowest BCUT2D eigenvalue weighted by Crippen LogP contribution is -2.00. The number of benzene rings is 2. The molecule has 0 spiro atoms. The van der Waals surface area contributed by atoms with Gasteiger partial charge in [-0.05, 0) is 36.2 Å². The molecule has 0 aliphatic heterocycles. The van der Waals surface area contributed by atoms with Gasteiger partial charge < -0.3 is 14.5 Å². The van der Waals surface area contributed by atoms with Crippen molar-refractivity contribution in [3.63, 3.8) is 0 Å². The van der Waals surface area contributed by atoms with E-state index in [1.807, 2.05) is 49.4 Å². The number of fused-ring (bicyclic) bond motifs is 1. The summed E-state index contributed by atoms with van der Waals surface area (Å²) >= 11 is 0. The second-order valence-electron chi connectivity index (χ2n) is 5.15. The summed E-state index contributed by atoms with van der Waals surface area (Å²) in [5.74, 6) is 0.437. The molecular weight excluding hydrogens is 278 g/mol. The van der Waals surface area contributed by atoms with E-state index < -0.39 is 0 Å². The van der Waals surface area contributed by atoms with Crippen molar-refractivity contribution < 1.29 is 14.3 Å². The van der Waals surface area contributed by atoms with Crippen LogP contribution in [0.4, 0.5) is 0 Å². The highest BCUT2D eigenvalue weighted by atomic mass is 16.5. The maximum atomic E-state index is 11.6. The SMILES string of the molecule is COC(=O)c1cc2cc(OCc3ccccc3)c(C)cc2[nH]1. The lowest BCUT2D eigenvalue weighted by atomic mass is 10.1. The van der Waals surface area contributed by atoms with Crippen LogP contribution in [0.5, 0.6) is 5.75 Å². The molecule has 3 rings (SSSR count). The highest BCUT2D eigenvalue weighted by Crippen LogP contribution is 2.27. The molecule has 22 heavy (non-hydrogen) atoms. The summed E-state index contributed by atoms with van der Waals surface area (Å²) in [5, 5.41) is 0.925. The quantitative estimate of drug-likeness (QED) is 0.744. The maximum absolute atomic E-state index is 11.6. The molecule has 1 heterocycles. The summed E-state index contributed by atoms with van der Waals surface area (Å²) in [6.45, 7) is 2.50. The van der Waals surface area contributed by atoms with Gasteiger partial charge in [0.15, 0.2) is 0 Å². The summed E-state index contributed by atoms with van der Waals surface area (Å²) in [5.41, 5.74) is 3.47. The van der Waals surface area contributed by atoms with Gasteiger partial charge in [0, 0.05) is 10.9 Å². The minimum absolute atomic E-state index is 0.374. The van der Waals surface area contributed by atoms with Crippen molar-refractivity contribution >= 4 is 16.9 Å². The Kier molecular flexibility index (Phi) is 3.83. The van der Waals surface area contributed by atoms with Crippen molar-refractivity contribution in [2.75, 3.05) is 7.11 Å². The minimum Gasteiger partial charge on any atom is -0.489 e. The molecule has 0 amide bonds. The van der Waals surface area contributed by atoms with Crippen LogP contribution in [-0.2, 0) is 11.3 Å². The van der Waals surface area contributed by atoms with Gasteiger partial charge in [-0.2, -0.15) is 0 Å². The molecule has 3 aromatic rings. The Bertz CT molecular complexity index is 806. The topological polar surface area (TPSA) is 51.3 Å². The standard InChI is InChI=1S/C18H17NO3/c1-12-8-15-14(9-16(19-15)18(20)21-2)10-17(12)22-11-13-6-4-3-5-7-13/h3-10,19H,11H2,1-2H3. The molecule has 4 heteroatoms. The highest BCUT2D eigenvalue weighted by Gasteiger charge is 2.11. The zero-order valence-electron chi connectivity index (χ0n) is 12.6. The first kappa shape index (κ1) is 14.2. The number of hydrogen-bond donors (Lipinski definition) is 1. The van der Waals surface area contributed by atoms with Crippen LogP contribution in [0.2, 0.25) is 0 Å². The van der Waals surface area contributed by atoms with Gasteiger partial charge in [0.05, 0.1) is 7.11 Å². The zero-order valence-corrected chi connectivity index (χ0v) is 12.6. The van der Waals surface area contributed by atoms with Gasteiger partial charge in [-0.1, -0.05) is 30.3 Å². The van der Waals surface area contributed by atoms with Crippen molar-refractivity contribution in [2.24, 2.45) is 0 Å². The minimum atomic E-state index is -0.374. The second-order valence-corrected chi connectivity index (χ2v) is 5.15. The summed E-state index contributed by atoms with van der Waals surface area (Å²) in [7, 11) is 1.37. The maximum Gasteiger partial charge on any atom is 0.354 e. The fourth-order valence-electron chi connectivity index (χ4n) is 2.38. The third-order valence-electron chi connectivity index (χ3n) is 3.56. The van der Waals surface area contributed by atoms with Gasteiger partial charge in [0.1, 0.15) is 18.1 Å². The van der Waals surface area contributed by atoms with Crippen molar-refractivity contribution in [1.29, 1.82) is 0 Å². The molecule has 2 aromatic carbocycles. The predicted molar refractivity (Wildman–Crippen MR) is 85.1 cm³/mol. The lowest BCUT2D eigenvalue weighted by molar-refractivity contribution is 0.0595. The van der Waals surface area contributed by atoms with Crippen molar-refractivity contribution in [2.45, 2.75) is 13.5 Å². The van der Waals surface area contributed by atoms with E-state index in [2.05, 4.69) is 4.98 Å². The number of ether oxygens (including phenoxy) is 2. The van der Waals surface area contributed by atoms with Crippen molar-refractivity contribution in [3.05, 3.63) is 65.4 Å². The molecule has 4 nitrogen and oxygen atoms in total. The molecule has 0 saturated heterocycles. The average Bonchev–Trinajstić information content (AvgIpc) is 2.95. The number of aromatic nitrogens is 1. The van der Waals surface area contributed by atoms with E-state index in [4.69, 9.17) is 9.47 Å². The zero-order chi connectivity index (χ0) is 15.5. The number of aromatic amines is 1. The van der Waals surface area contributed by atoms with Crippen LogP contribution in [0.1, 0.15) is 21.6 Å². The number of methoxy groups -OCH3 is 1. The largest absolute Gasteiger partial charge is 0.489 e. The number of hydrogen-bond acceptors (Lipinski definition) is 3. The van der Waals surface area contributed by atoms with E-state index in [0.717, 1.165) is 27.8 Å². The Morgan fingerprint density at radius 3 is 2.64 bits per heavy atom. The lowest BCUT2D eigenvalue weighted by Gasteiger charge is -2.09. The Morgan fingerprint density at radius 1 is 1.14 bits per heavy atom. The van der Waals surface area contributed by atoms with Crippen LogP contribution < -0.4 is 4.74 Å². The predicted octanol–water partition coefficient (Wildman–Crippen LogP) is 3.84. The van der Waals surface area contributed by atoms with Crippen LogP contribution in [-0.4, -0.2) is 18.1 Å². The first-order chi connectivity index (χ1) is 10.7. The smallest absolute Gasteiger partial charge is 0.354 e. The number of esters is 1. The molecule has 1 aromatic heterocycles. The molecule has 1 N–H and O–H groups in total. The number of H-pyrrole nitrogens is 1. The highest BCUT2D eigenvalue weighted by molar-refractivity contribution is 5.95. The van der Waals surface area contributed by atoms with E-state index >= 15 is 0 Å². The van der Waals surface area contributed by atoms with Crippen LogP contribution in [0.3, 0.4) is 0 Å². The molecule has 0 bridgehead atoms. The third-order valence-corrected chi connectivity index (χ3v) is 3.56. The molecule has 0 fully saturated rings. The molecule has 0 atom stereocenters. The van der Waals surface area contributed by atoms with Gasteiger partial charge in [-0.15, -0.1) is 0 Å². The normalized spacial score (nSPS) is 10.6. The first-order valence-electron chi connectivity index (χ1n) is 7.06. The van der Waals surface area contributed by atoms with E-state index in [-0.39, 0.29) is 5.97 Å². The fraction of sp³-hybridized carbons (Fsp3) is 0.167. The van der Waals surface area contributed by atoms with E-state index in [1.165, 1.54) is 7.11 Å². The number of rotatable bonds is 4. The molecule has 112 valence electrons. The number of carbonyl (C=O) groups excluding carboxylic acids is 1. The summed E-state index contributed by atoms with van der Waals surface area (Å²) in [4.78, 5) is 14.6. The molecular formula is C18H17NO3. The molecule has 0 radical (unpaired) electrons. The van der Waals surface area contributed by atoms with E-state index in [9.17, 15) is 4.79 Å². The van der Waals surface area contributed by atoms with Gasteiger partial charge in [-0.25, -0.2) is 4.79 Å². The average molecular weight is 295 g/mol. The van der Waals surface area contributed by atoms with Crippen LogP contribution in [0, 0.1) is 6.92 Å². The van der Waals surface area contributed by atoms with Crippen molar-refractivity contribution in [3.8, 4) is 5.75 Å². The second kappa shape index (κ2) is 5.93. The number of carbonyl (C=O) groups is 1. The molecule has 0 aliphatic carbocycles. The number of aryl methyl sites for hydroxylation is 1. The summed E-state index contributed by atoms with van der Waals surface area (Å²) in [6, 6.07) is 15.7. The summed E-state index contributed by atoms with van der Waals surface area (Å²) in [6.07, 6.45) is 0. The van der Waals surface area contributed by atoms with E-state index in [1.54, 1.807) is 6.07 Å². The summed E-state index contributed by atoms with van der Waals surface area (Å²) < 4.78 is 10.6. The molecule has 0 unspecified atom stereocenters. The Morgan fingerprint density at radius 2 is 1.91 bits per heavy atom. The van der Waals surface area contributed by atoms with Gasteiger partial charge in [0.25, 0.3) is 0 Å². The van der Waals surface area contributed by atoms with E-state index in [0.29, 0.717) is 12.3 Å². The van der Waals surface area contributed by atoms with Crippen LogP contribution in [0.25, 0.3) is 10.9 Å². The van der Waals surface area contributed by atoms with Gasteiger partial charge in [0.2, 0.25) is 0 Å². The van der Waals surface area contributed by atoms with Gasteiger partial charge >= 0.3 is 5.97 Å². The van der Waals surface area contributed by atoms with Gasteiger partial charge in [-0.3, -0.25) is 0 Å². The Labute approximate surface area is 128 Å². The Balaban J connectivity index is 1.86. The van der Waals surface area contributed by atoms with Crippen LogP contribution >= 0.6 is 0 Å². The monoisotopic (exact) mass is 295 g/mol.